The van der Waals surface area contributed by atoms with Gasteiger partial charge in [0, 0.05) is 37.8 Å². The van der Waals surface area contributed by atoms with Crippen molar-refractivity contribution in [1.82, 2.24) is 10.2 Å². The van der Waals surface area contributed by atoms with E-state index in [-0.39, 0.29) is 0 Å². The second-order valence-electron chi connectivity index (χ2n) is 6.18. The highest BCUT2D eigenvalue weighted by molar-refractivity contribution is 5.04. The Morgan fingerprint density at radius 1 is 1.28 bits per heavy atom. The van der Waals surface area contributed by atoms with Crippen molar-refractivity contribution in [1.29, 1.82) is 0 Å². The van der Waals surface area contributed by atoms with E-state index in [4.69, 9.17) is 4.74 Å². The van der Waals surface area contributed by atoms with E-state index in [9.17, 15) is 0 Å². The molecule has 1 aliphatic carbocycles. The number of hydrogen-bond donors (Lipinski definition) is 1. The van der Waals surface area contributed by atoms with Crippen molar-refractivity contribution in [2.45, 2.75) is 58.0 Å². The molecule has 106 valence electrons. The van der Waals surface area contributed by atoms with E-state index in [1.165, 1.54) is 25.8 Å². The Morgan fingerprint density at radius 3 is 2.67 bits per heavy atom. The van der Waals surface area contributed by atoms with Crippen molar-refractivity contribution < 1.29 is 4.74 Å². The normalized spacial score (nSPS) is 33.8. The van der Waals surface area contributed by atoms with Gasteiger partial charge in [0.15, 0.2) is 0 Å². The Kier molecular flexibility index (Phi) is 5.05. The fourth-order valence-electron chi connectivity index (χ4n) is 3.15. The number of rotatable bonds is 7. The lowest BCUT2D eigenvalue weighted by Crippen LogP contribution is -2.64. The summed E-state index contributed by atoms with van der Waals surface area (Å²) in [5.41, 5.74) is 0.376. The molecule has 0 bridgehead atoms. The van der Waals surface area contributed by atoms with Crippen LogP contribution in [0.4, 0.5) is 0 Å². The highest BCUT2D eigenvalue weighted by Crippen LogP contribution is 2.43. The smallest absolute Gasteiger partial charge is 0.0593 e. The number of ether oxygens (including phenoxy) is 1. The average molecular weight is 254 g/mol. The summed E-state index contributed by atoms with van der Waals surface area (Å²) in [5, 5.41) is 3.73. The zero-order valence-corrected chi connectivity index (χ0v) is 12.4. The standard InChI is InChI=1S/C15H30N2O/c1-4-9-18-10-8-17-11-14(5-2)16-12-15(17,3)13-6-7-13/h13-14,16H,4-12H2,1-3H3. The predicted octanol–water partition coefficient (Wildman–Crippen LogP) is 2.27. The van der Waals surface area contributed by atoms with Crippen LogP contribution in [-0.4, -0.2) is 49.3 Å². The van der Waals surface area contributed by atoms with Gasteiger partial charge in [0.2, 0.25) is 0 Å². The number of nitrogens with one attached hydrogen (secondary N) is 1. The summed E-state index contributed by atoms with van der Waals surface area (Å²) in [7, 11) is 0. The lowest BCUT2D eigenvalue weighted by molar-refractivity contribution is 0.00661. The molecule has 0 spiro atoms. The zero-order valence-electron chi connectivity index (χ0n) is 12.4. The Labute approximate surface area is 112 Å². The summed E-state index contributed by atoms with van der Waals surface area (Å²) >= 11 is 0. The van der Waals surface area contributed by atoms with Crippen LogP contribution in [0, 0.1) is 5.92 Å². The molecule has 2 unspecified atom stereocenters. The fraction of sp³-hybridized carbons (Fsp3) is 1.00. The van der Waals surface area contributed by atoms with E-state index in [1.54, 1.807) is 0 Å². The lowest BCUT2D eigenvalue weighted by atomic mass is 9.89. The third-order valence-electron chi connectivity index (χ3n) is 4.72. The van der Waals surface area contributed by atoms with Gasteiger partial charge in [0.25, 0.3) is 0 Å². The van der Waals surface area contributed by atoms with Gasteiger partial charge in [-0.1, -0.05) is 13.8 Å². The molecule has 1 aliphatic heterocycles. The van der Waals surface area contributed by atoms with Crippen molar-refractivity contribution in [3.05, 3.63) is 0 Å². The van der Waals surface area contributed by atoms with Crippen LogP contribution in [0.15, 0.2) is 0 Å². The SMILES string of the molecule is CCCOCCN1CC(CC)NCC1(C)C1CC1. The van der Waals surface area contributed by atoms with Gasteiger partial charge in [-0.05, 0) is 38.5 Å². The number of nitrogens with zero attached hydrogens (tertiary/aromatic N) is 1. The minimum Gasteiger partial charge on any atom is -0.380 e. The minimum atomic E-state index is 0.376. The first-order valence-corrected chi connectivity index (χ1v) is 7.77. The van der Waals surface area contributed by atoms with Crippen LogP contribution in [0.1, 0.15) is 46.5 Å². The van der Waals surface area contributed by atoms with Crippen molar-refractivity contribution in [2.24, 2.45) is 5.92 Å². The maximum absolute atomic E-state index is 5.69. The highest BCUT2D eigenvalue weighted by atomic mass is 16.5. The second-order valence-corrected chi connectivity index (χ2v) is 6.18. The van der Waals surface area contributed by atoms with Crippen LogP contribution < -0.4 is 5.32 Å². The minimum absolute atomic E-state index is 0.376. The molecule has 2 fully saturated rings. The van der Waals surface area contributed by atoms with Crippen molar-refractivity contribution in [3.63, 3.8) is 0 Å². The molecule has 1 saturated carbocycles. The summed E-state index contributed by atoms with van der Waals surface area (Å²) in [6, 6.07) is 0.669. The first-order valence-electron chi connectivity index (χ1n) is 7.77. The monoisotopic (exact) mass is 254 g/mol. The van der Waals surface area contributed by atoms with Crippen LogP contribution >= 0.6 is 0 Å². The van der Waals surface area contributed by atoms with E-state index >= 15 is 0 Å². The molecule has 2 atom stereocenters. The molecule has 18 heavy (non-hydrogen) atoms. The molecule has 3 nitrogen and oxygen atoms in total. The Hall–Kier alpha value is -0.120. The maximum Gasteiger partial charge on any atom is 0.0593 e. The van der Waals surface area contributed by atoms with E-state index in [0.29, 0.717) is 11.6 Å². The van der Waals surface area contributed by atoms with Crippen LogP contribution in [0.2, 0.25) is 0 Å². The van der Waals surface area contributed by atoms with Gasteiger partial charge in [0.05, 0.1) is 6.61 Å². The molecule has 2 aliphatic rings. The van der Waals surface area contributed by atoms with Crippen molar-refractivity contribution >= 4 is 0 Å². The highest BCUT2D eigenvalue weighted by Gasteiger charge is 2.47. The molecule has 0 aromatic carbocycles. The van der Waals surface area contributed by atoms with Gasteiger partial charge in [0.1, 0.15) is 0 Å². The van der Waals surface area contributed by atoms with Crippen LogP contribution in [0.3, 0.4) is 0 Å². The molecule has 0 radical (unpaired) electrons. The van der Waals surface area contributed by atoms with Gasteiger partial charge < -0.3 is 10.1 Å². The predicted molar refractivity (Wildman–Crippen MR) is 75.9 cm³/mol. The summed E-state index contributed by atoms with van der Waals surface area (Å²) in [6.07, 6.45) is 5.19. The third kappa shape index (κ3) is 3.25. The molecule has 2 rings (SSSR count). The largest absolute Gasteiger partial charge is 0.380 e. The van der Waals surface area contributed by atoms with Crippen LogP contribution in [0.5, 0.6) is 0 Å². The molecule has 3 heteroatoms. The summed E-state index contributed by atoms with van der Waals surface area (Å²) < 4.78 is 5.69. The Bertz CT molecular complexity index is 255. The quantitative estimate of drug-likeness (QED) is 0.705. The average Bonchev–Trinajstić information content (AvgIpc) is 3.21. The molecular formula is C15H30N2O. The summed E-state index contributed by atoms with van der Waals surface area (Å²) in [6.45, 7) is 12.2. The summed E-state index contributed by atoms with van der Waals surface area (Å²) in [5.74, 6) is 0.911. The lowest BCUT2D eigenvalue weighted by Gasteiger charge is -2.48. The first kappa shape index (κ1) is 14.3. The fourth-order valence-corrected chi connectivity index (χ4v) is 3.15. The molecule has 1 saturated heterocycles. The zero-order chi connectivity index (χ0) is 13.0. The molecule has 0 aromatic heterocycles. The topological polar surface area (TPSA) is 24.5 Å². The maximum atomic E-state index is 5.69. The summed E-state index contributed by atoms with van der Waals surface area (Å²) in [4.78, 5) is 2.70. The number of piperazine rings is 1. The molecule has 0 aromatic rings. The molecule has 0 amide bonds. The van der Waals surface area contributed by atoms with Gasteiger partial charge in [-0.25, -0.2) is 0 Å². The van der Waals surface area contributed by atoms with Gasteiger partial charge in [-0.15, -0.1) is 0 Å². The van der Waals surface area contributed by atoms with Crippen molar-refractivity contribution in [2.75, 3.05) is 32.8 Å². The molecule has 1 heterocycles. The van der Waals surface area contributed by atoms with E-state index < -0.39 is 0 Å². The Balaban J connectivity index is 1.87. The van der Waals surface area contributed by atoms with E-state index in [2.05, 4.69) is 31.0 Å². The number of hydrogen-bond acceptors (Lipinski definition) is 3. The third-order valence-corrected chi connectivity index (χ3v) is 4.72. The molecular weight excluding hydrogens is 224 g/mol. The van der Waals surface area contributed by atoms with Gasteiger partial charge in [-0.2, -0.15) is 0 Å². The molecule has 1 N–H and O–H groups in total. The van der Waals surface area contributed by atoms with E-state index in [0.717, 1.165) is 38.6 Å². The van der Waals surface area contributed by atoms with Gasteiger partial charge >= 0.3 is 0 Å². The van der Waals surface area contributed by atoms with Crippen LogP contribution in [-0.2, 0) is 4.74 Å². The van der Waals surface area contributed by atoms with Crippen molar-refractivity contribution in [3.8, 4) is 0 Å². The van der Waals surface area contributed by atoms with Crippen LogP contribution in [0.25, 0.3) is 0 Å². The Morgan fingerprint density at radius 2 is 2.06 bits per heavy atom. The second kappa shape index (κ2) is 6.36. The van der Waals surface area contributed by atoms with Gasteiger partial charge in [-0.3, -0.25) is 4.90 Å². The van der Waals surface area contributed by atoms with E-state index in [1.807, 2.05) is 0 Å². The first-order chi connectivity index (χ1) is 8.70.